The summed E-state index contributed by atoms with van der Waals surface area (Å²) in [4.78, 5) is 31.8. The highest BCUT2D eigenvalue weighted by molar-refractivity contribution is 7.12. The van der Waals surface area contributed by atoms with E-state index in [0.717, 1.165) is 22.2 Å². The van der Waals surface area contributed by atoms with Gasteiger partial charge < -0.3 is 19.7 Å². The Morgan fingerprint density at radius 3 is 2.74 bits per heavy atom. The molecule has 9 heteroatoms. The Hall–Kier alpha value is -3.26. The maximum absolute atomic E-state index is 13.4. The number of aliphatic hydroxyl groups is 1. The second kappa shape index (κ2) is 9.41. The minimum atomic E-state index is -0.846. The molecule has 4 aromatic rings. The van der Waals surface area contributed by atoms with E-state index in [0.29, 0.717) is 26.9 Å². The Bertz CT molecular complexity index is 1480. The number of aliphatic hydroxyl groups excluding tert-OH is 1. The zero-order valence-electron chi connectivity index (χ0n) is 18.5. The molecule has 0 bridgehead atoms. The van der Waals surface area contributed by atoms with E-state index in [1.54, 1.807) is 42.8 Å². The second-order valence-electron chi connectivity index (χ2n) is 8.11. The Morgan fingerprint density at radius 2 is 2.03 bits per heavy atom. The summed E-state index contributed by atoms with van der Waals surface area (Å²) in [5.41, 5.74) is 2.46. The first-order valence-electron chi connectivity index (χ1n) is 10.8. The Balaban J connectivity index is 1.53. The molecule has 0 spiro atoms. The summed E-state index contributed by atoms with van der Waals surface area (Å²) < 4.78 is 5.35. The number of nitrogens with one attached hydrogen (secondary N) is 1. The van der Waals surface area contributed by atoms with Crippen LogP contribution in [0.1, 0.15) is 26.8 Å². The van der Waals surface area contributed by atoms with Crippen LogP contribution in [-0.2, 0) is 11.2 Å². The zero-order chi connectivity index (χ0) is 24.7. The summed E-state index contributed by atoms with van der Waals surface area (Å²) in [5.74, 6) is -0.843. The van der Waals surface area contributed by atoms with Crippen LogP contribution in [0.5, 0.6) is 5.75 Å². The number of thiophene rings is 1. The number of ether oxygens (including phenoxy) is 1. The molecule has 1 amide bonds. The number of carbonyl (C=O) groups is 2. The molecule has 0 fully saturated rings. The van der Waals surface area contributed by atoms with Crippen molar-refractivity contribution in [3.05, 3.63) is 97.5 Å². The van der Waals surface area contributed by atoms with Crippen molar-refractivity contribution in [1.82, 2.24) is 9.88 Å². The van der Waals surface area contributed by atoms with Crippen molar-refractivity contribution in [2.45, 2.75) is 12.5 Å². The normalized spacial score (nSPS) is 15.9. The largest absolute Gasteiger partial charge is 0.503 e. The number of carbonyl (C=O) groups excluding carboxylic acids is 2. The molecular weight excluding hydrogens is 507 g/mol. The fourth-order valence-electron chi connectivity index (χ4n) is 4.44. The van der Waals surface area contributed by atoms with Crippen LogP contribution in [0.4, 0.5) is 0 Å². The van der Waals surface area contributed by atoms with E-state index in [9.17, 15) is 14.7 Å². The van der Waals surface area contributed by atoms with Gasteiger partial charge in [0.2, 0.25) is 5.78 Å². The number of aromatic nitrogens is 1. The molecule has 2 aromatic heterocycles. The number of amides is 1. The van der Waals surface area contributed by atoms with Gasteiger partial charge in [0.25, 0.3) is 5.91 Å². The molecule has 2 aromatic carbocycles. The average molecular weight is 527 g/mol. The average Bonchev–Trinajstić information content (AvgIpc) is 3.57. The van der Waals surface area contributed by atoms with Crippen molar-refractivity contribution >= 4 is 57.1 Å². The number of Topliss-reactive ketones (excluding diaryl/α,β-unsaturated/α-hetero) is 1. The molecule has 178 valence electrons. The van der Waals surface area contributed by atoms with Gasteiger partial charge in [-0.15, -0.1) is 11.3 Å². The third kappa shape index (κ3) is 4.20. The molecular formula is C26H20Cl2N2O4S. The van der Waals surface area contributed by atoms with Crippen LogP contribution in [0, 0.1) is 0 Å². The molecule has 0 saturated carbocycles. The van der Waals surface area contributed by atoms with Gasteiger partial charge in [-0.1, -0.05) is 35.3 Å². The van der Waals surface area contributed by atoms with Crippen LogP contribution in [0.2, 0.25) is 10.0 Å². The number of benzene rings is 2. The van der Waals surface area contributed by atoms with E-state index in [1.165, 1.54) is 16.2 Å². The molecule has 1 aliphatic rings. The van der Waals surface area contributed by atoms with Crippen LogP contribution in [0.3, 0.4) is 0 Å². The van der Waals surface area contributed by atoms with Crippen LogP contribution in [0.25, 0.3) is 10.9 Å². The maximum Gasteiger partial charge on any atom is 0.290 e. The zero-order valence-corrected chi connectivity index (χ0v) is 20.9. The minimum absolute atomic E-state index is 0.0160. The first-order valence-corrected chi connectivity index (χ1v) is 12.4. The lowest BCUT2D eigenvalue weighted by atomic mass is 9.95. The lowest BCUT2D eigenvalue weighted by molar-refractivity contribution is -0.129. The number of aromatic amines is 1. The van der Waals surface area contributed by atoms with Gasteiger partial charge in [-0.2, -0.15) is 0 Å². The molecule has 0 unspecified atom stereocenters. The van der Waals surface area contributed by atoms with Gasteiger partial charge in [-0.3, -0.25) is 9.59 Å². The molecule has 6 nitrogen and oxygen atoms in total. The van der Waals surface area contributed by atoms with E-state index >= 15 is 0 Å². The predicted octanol–water partition coefficient (Wildman–Crippen LogP) is 6.37. The highest BCUT2D eigenvalue weighted by Crippen LogP contribution is 2.42. The van der Waals surface area contributed by atoms with Gasteiger partial charge in [0.15, 0.2) is 5.76 Å². The number of fused-ring (bicyclic) bond motifs is 1. The van der Waals surface area contributed by atoms with Crippen LogP contribution in [0.15, 0.2) is 71.4 Å². The molecule has 1 aliphatic heterocycles. The maximum atomic E-state index is 13.4. The number of hydrogen-bond acceptors (Lipinski definition) is 5. The van der Waals surface area contributed by atoms with Gasteiger partial charge >= 0.3 is 0 Å². The number of rotatable bonds is 7. The van der Waals surface area contributed by atoms with E-state index < -0.39 is 23.5 Å². The molecule has 0 saturated heterocycles. The SMILES string of the molecule is COc1ccc2[nH]cc(CCN3C(=O)C(O)=C(C(=O)c4cccs4)[C@H]3c3ccc(Cl)cc3Cl)c2c1. The van der Waals surface area contributed by atoms with Crippen LogP contribution >= 0.6 is 34.5 Å². The van der Waals surface area contributed by atoms with Crippen molar-refractivity contribution in [2.24, 2.45) is 0 Å². The van der Waals surface area contributed by atoms with E-state index in [4.69, 9.17) is 27.9 Å². The third-order valence-electron chi connectivity index (χ3n) is 6.15. The molecule has 3 heterocycles. The van der Waals surface area contributed by atoms with E-state index in [1.807, 2.05) is 24.4 Å². The summed E-state index contributed by atoms with van der Waals surface area (Å²) >= 11 is 13.9. The lowest BCUT2D eigenvalue weighted by Gasteiger charge is -2.27. The summed E-state index contributed by atoms with van der Waals surface area (Å²) in [6.07, 6.45) is 2.37. The highest BCUT2D eigenvalue weighted by Gasteiger charge is 2.44. The number of H-pyrrole nitrogens is 1. The van der Waals surface area contributed by atoms with Gasteiger partial charge in [-0.25, -0.2) is 0 Å². The van der Waals surface area contributed by atoms with Crippen molar-refractivity contribution in [1.29, 1.82) is 0 Å². The summed E-state index contributed by atoms with van der Waals surface area (Å²) in [6.45, 7) is 0.248. The fraction of sp³-hybridized carbons (Fsp3) is 0.154. The number of hydrogen-bond donors (Lipinski definition) is 2. The Kier molecular flexibility index (Phi) is 6.32. The van der Waals surface area contributed by atoms with Crippen molar-refractivity contribution in [3.63, 3.8) is 0 Å². The molecule has 1 atom stereocenters. The molecule has 0 aliphatic carbocycles. The standard InChI is InChI=1S/C26H20Cl2N2O4S/c1-34-16-5-7-20-18(12-16)14(13-29-20)8-9-30-23(17-6-4-15(27)11-19(17)28)22(25(32)26(30)33)24(31)21-3-2-10-35-21/h2-7,10-13,23,29,32H,8-9H2,1H3/t23-/m1/s1. The number of nitrogens with zero attached hydrogens (tertiary/aromatic N) is 1. The minimum Gasteiger partial charge on any atom is -0.503 e. The lowest BCUT2D eigenvalue weighted by Crippen LogP contribution is -2.33. The second-order valence-corrected chi connectivity index (χ2v) is 9.90. The van der Waals surface area contributed by atoms with E-state index in [2.05, 4.69) is 4.98 Å². The summed E-state index contributed by atoms with van der Waals surface area (Å²) in [7, 11) is 1.61. The van der Waals surface area contributed by atoms with Crippen molar-refractivity contribution < 1.29 is 19.4 Å². The molecule has 0 radical (unpaired) electrons. The number of ketones is 1. The monoisotopic (exact) mass is 526 g/mol. The van der Waals surface area contributed by atoms with E-state index in [-0.39, 0.29) is 12.1 Å². The summed E-state index contributed by atoms with van der Waals surface area (Å²) in [6, 6.07) is 13.2. The quantitative estimate of drug-likeness (QED) is 0.274. The first-order chi connectivity index (χ1) is 16.9. The van der Waals surface area contributed by atoms with Crippen LogP contribution in [-0.4, -0.2) is 40.3 Å². The molecule has 2 N–H and O–H groups in total. The van der Waals surface area contributed by atoms with Crippen molar-refractivity contribution in [2.75, 3.05) is 13.7 Å². The highest BCUT2D eigenvalue weighted by atomic mass is 35.5. The van der Waals surface area contributed by atoms with Gasteiger partial charge in [-0.05, 0) is 59.3 Å². The molecule has 5 rings (SSSR count). The van der Waals surface area contributed by atoms with Gasteiger partial charge in [0.05, 0.1) is 23.6 Å². The molecule has 35 heavy (non-hydrogen) atoms. The fourth-order valence-corrected chi connectivity index (χ4v) is 5.63. The Labute approximate surface area is 215 Å². The topological polar surface area (TPSA) is 82.6 Å². The number of halogens is 2. The van der Waals surface area contributed by atoms with Crippen LogP contribution < -0.4 is 4.74 Å². The smallest absolute Gasteiger partial charge is 0.290 e. The number of methoxy groups -OCH3 is 1. The third-order valence-corrected chi connectivity index (χ3v) is 7.58. The van der Waals surface area contributed by atoms with Crippen molar-refractivity contribution in [3.8, 4) is 5.75 Å². The Morgan fingerprint density at radius 1 is 1.20 bits per heavy atom. The predicted molar refractivity (Wildman–Crippen MR) is 138 cm³/mol. The van der Waals surface area contributed by atoms with Gasteiger partial charge in [0, 0.05) is 33.7 Å². The van der Waals surface area contributed by atoms with Gasteiger partial charge in [0.1, 0.15) is 5.75 Å². The summed E-state index contributed by atoms with van der Waals surface area (Å²) in [5, 5.41) is 14.3. The first kappa shape index (κ1) is 23.5.